The summed E-state index contributed by atoms with van der Waals surface area (Å²) in [5.41, 5.74) is 12.2. The molecule has 2 heterocycles. The second kappa shape index (κ2) is 12.1. The maximum absolute atomic E-state index is 9.92. The van der Waals surface area contributed by atoms with E-state index in [1.807, 2.05) is 36.4 Å². The first-order chi connectivity index (χ1) is 23.5. The molecule has 0 saturated carbocycles. The highest BCUT2D eigenvalue weighted by molar-refractivity contribution is 7.99. The molecular formula is C44H31N3S. The summed E-state index contributed by atoms with van der Waals surface area (Å²) in [4.78, 5) is 12.5. The number of fused-ring (bicyclic) bond motifs is 2. The Morgan fingerprint density at radius 1 is 0.500 bits per heavy atom. The minimum absolute atomic E-state index is 0.307. The third kappa shape index (κ3) is 5.39. The summed E-state index contributed by atoms with van der Waals surface area (Å²) in [6.07, 6.45) is 0. The number of nitrogens with zero attached hydrogens (tertiary/aromatic N) is 3. The average molecular weight is 634 g/mol. The van der Waals surface area contributed by atoms with Crippen molar-refractivity contribution in [3.05, 3.63) is 168 Å². The van der Waals surface area contributed by atoms with Crippen LogP contribution >= 0.6 is 11.8 Å². The maximum atomic E-state index is 9.92. The summed E-state index contributed by atoms with van der Waals surface area (Å²) in [7, 11) is 0. The highest BCUT2D eigenvalue weighted by Crippen LogP contribution is 2.51. The lowest BCUT2D eigenvalue weighted by atomic mass is 9.75. The van der Waals surface area contributed by atoms with Gasteiger partial charge >= 0.3 is 0 Å². The van der Waals surface area contributed by atoms with Gasteiger partial charge in [0, 0.05) is 31.9 Å². The molecule has 3 nitrogen and oxygen atoms in total. The van der Waals surface area contributed by atoms with E-state index in [1.165, 1.54) is 21.6 Å². The van der Waals surface area contributed by atoms with Crippen molar-refractivity contribution in [3.8, 4) is 62.2 Å². The van der Waals surface area contributed by atoms with Crippen LogP contribution < -0.4 is 0 Å². The summed E-state index contributed by atoms with van der Waals surface area (Å²) < 4.78 is 0. The van der Waals surface area contributed by atoms with Gasteiger partial charge in [0.2, 0.25) is 0 Å². The molecule has 8 rings (SSSR count). The minimum atomic E-state index is -0.307. The van der Waals surface area contributed by atoms with Crippen molar-refractivity contribution in [2.45, 2.75) is 29.1 Å². The average Bonchev–Trinajstić information content (AvgIpc) is 3.15. The molecule has 0 N–H and O–H groups in total. The van der Waals surface area contributed by atoms with Gasteiger partial charge in [-0.1, -0.05) is 141 Å². The standard InChI is InChI=1S/C44H31N3S/c1-44(2)37-26-34(23-24-40(37)48-41-18-10-17-36(28-45)42(41)44)33-15-9-16-35(25-33)39-27-38(46-43(47-39)32-13-7-4-8-14-32)31-21-19-30(20-22-31)29-11-5-3-6-12-29/h3-27H,1-2H3. The number of aromatic nitrogens is 2. The lowest BCUT2D eigenvalue weighted by Crippen LogP contribution is -2.25. The van der Waals surface area contributed by atoms with Crippen LogP contribution in [0.25, 0.3) is 56.2 Å². The van der Waals surface area contributed by atoms with Crippen LogP contribution in [0.1, 0.15) is 30.5 Å². The second-order valence-electron chi connectivity index (χ2n) is 12.6. The largest absolute Gasteiger partial charge is 0.228 e. The van der Waals surface area contributed by atoms with Gasteiger partial charge in [-0.25, -0.2) is 9.97 Å². The molecular weight excluding hydrogens is 603 g/mol. The van der Waals surface area contributed by atoms with Crippen LogP contribution in [0.4, 0.5) is 0 Å². The smallest absolute Gasteiger partial charge is 0.160 e. The molecule has 1 aromatic heterocycles. The molecule has 0 atom stereocenters. The van der Waals surface area contributed by atoms with Gasteiger partial charge in [-0.2, -0.15) is 5.26 Å². The summed E-state index contributed by atoms with van der Waals surface area (Å²) in [5, 5.41) is 9.92. The zero-order chi connectivity index (χ0) is 32.7. The molecule has 0 radical (unpaired) electrons. The fourth-order valence-electron chi connectivity index (χ4n) is 6.68. The molecule has 1 aliphatic heterocycles. The number of hydrogen-bond acceptors (Lipinski definition) is 4. The number of hydrogen-bond donors (Lipinski definition) is 0. The lowest BCUT2D eigenvalue weighted by Gasteiger charge is -2.35. The Labute approximate surface area is 285 Å². The topological polar surface area (TPSA) is 49.6 Å². The molecule has 6 aromatic carbocycles. The summed E-state index contributed by atoms with van der Waals surface area (Å²) in [6.45, 7) is 4.46. The highest BCUT2D eigenvalue weighted by atomic mass is 32.2. The van der Waals surface area contributed by atoms with Crippen molar-refractivity contribution >= 4 is 11.8 Å². The maximum Gasteiger partial charge on any atom is 0.160 e. The van der Waals surface area contributed by atoms with Gasteiger partial charge in [-0.15, -0.1) is 0 Å². The lowest BCUT2D eigenvalue weighted by molar-refractivity contribution is 0.605. The van der Waals surface area contributed by atoms with E-state index < -0.39 is 0 Å². The Hall–Kier alpha value is -5.76. The van der Waals surface area contributed by atoms with E-state index in [0.717, 1.165) is 55.2 Å². The molecule has 228 valence electrons. The van der Waals surface area contributed by atoms with E-state index in [-0.39, 0.29) is 5.41 Å². The zero-order valence-electron chi connectivity index (χ0n) is 26.7. The monoisotopic (exact) mass is 633 g/mol. The van der Waals surface area contributed by atoms with E-state index in [1.54, 1.807) is 11.8 Å². The molecule has 0 saturated heterocycles. The Kier molecular flexibility index (Phi) is 7.48. The third-order valence-electron chi connectivity index (χ3n) is 9.18. The molecule has 0 bridgehead atoms. The van der Waals surface area contributed by atoms with Crippen molar-refractivity contribution in [3.63, 3.8) is 0 Å². The Morgan fingerprint density at radius 2 is 1.06 bits per heavy atom. The van der Waals surface area contributed by atoms with E-state index >= 15 is 0 Å². The molecule has 0 aliphatic carbocycles. The van der Waals surface area contributed by atoms with E-state index in [4.69, 9.17) is 9.97 Å². The van der Waals surface area contributed by atoms with E-state index in [9.17, 15) is 5.26 Å². The van der Waals surface area contributed by atoms with Crippen molar-refractivity contribution in [1.29, 1.82) is 5.26 Å². The summed E-state index contributed by atoms with van der Waals surface area (Å²) >= 11 is 1.75. The number of nitriles is 1. The molecule has 0 unspecified atom stereocenters. The first-order valence-electron chi connectivity index (χ1n) is 16.0. The highest BCUT2D eigenvalue weighted by Gasteiger charge is 2.35. The SMILES string of the molecule is CC1(C)c2cc(-c3cccc(-c4cc(-c5ccc(-c6ccccc6)cc5)nc(-c5ccccc5)n4)c3)ccc2Sc2cccc(C#N)c21. The van der Waals surface area contributed by atoms with Gasteiger partial charge < -0.3 is 0 Å². The van der Waals surface area contributed by atoms with Gasteiger partial charge in [-0.05, 0) is 69.8 Å². The third-order valence-corrected chi connectivity index (χ3v) is 10.3. The summed E-state index contributed by atoms with van der Waals surface area (Å²) in [5.74, 6) is 0.695. The first kappa shape index (κ1) is 29.6. The zero-order valence-corrected chi connectivity index (χ0v) is 27.5. The van der Waals surface area contributed by atoms with Crippen LogP contribution in [-0.4, -0.2) is 9.97 Å². The normalized spacial score (nSPS) is 12.9. The predicted octanol–water partition coefficient (Wildman–Crippen LogP) is 11.5. The van der Waals surface area contributed by atoms with Gasteiger partial charge in [-0.3, -0.25) is 0 Å². The van der Waals surface area contributed by atoms with Crippen LogP contribution in [0, 0.1) is 11.3 Å². The Morgan fingerprint density at radius 3 is 1.79 bits per heavy atom. The van der Waals surface area contributed by atoms with Gasteiger partial charge in [0.1, 0.15) is 0 Å². The fourth-order valence-corrected chi connectivity index (χ4v) is 8.09. The van der Waals surface area contributed by atoms with Gasteiger partial charge in [0.25, 0.3) is 0 Å². The van der Waals surface area contributed by atoms with Crippen LogP contribution in [-0.2, 0) is 5.41 Å². The molecule has 0 amide bonds. The van der Waals surface area contributed by atoms with Crippen molar-refractivity contribution in [1.82, 2.24) is 9.97 Å². The molecule has 0 fully saturated rings. The molecule has 1 aliphatic rings. The van der Waals surface area contributed by atoms with Crippen LogP contribution in [0.2, 0.25) is 0 Å². The van der Waals surface area contributed by atoms with Crippen LogP contribution in [0.3, 0.4) is 0 Å². The van der Waals surface area contributed by atoms with E-state index in [0.29, 0.717) is 5.82 Å². The Balaban J connectivity index is 1.20. The molecule has 4 heteroatoms. The Bertz CT molecular complexity index is 2340. The van der Waals surface area contributed by atoms with Crippen molar-refractivity contribution in [2.24, 2.45) is 0 Å². The fraction of sp³-hybridized carbons (Fsp3) is 0.0682. The molecule has 7 aromatic rings. The van der Waals surface area contributed by atoms with Crippen LogP contribution in [0.15, 0.2) is 161 Å². The number of rotatable bonds is 5. The summed E-state index contributed by atoms with van der Waals surface area (Å²) in [6, 6.07) is 55.1. The molecule has 0 spiro atoms. The van der Waals surface area contributed by atoms with Gasteiger partial charge in [0.05, 0.1) is 23.0 Å². The van der Waals surface area contributed by atoms with E-state index in [2.05, 4.69) is 135 Å². The quantitative estimate of drug-likeness (QED) is 0.189. The molecule has 48 heavy (non-hydrogen) atoms. The van der Waals surface area contributed by atoms with Crippen molar-refractivity contribution < 1.29 is 0 Å². The predicted molar refractivity (Wildman–Crippen MR) is 197 cm³/mol. The number of benzene rings is 6. The van der Waals surface area contributed by atoms with Crippen molar-refractivity contribution in [2.75, 3.05) is 0 Å². The second-order valence-corrected chi connectivity index (χ2v) is 13.7. The van der Waals surface area contributed by atoms with Crippen LogP contribution in [0.5, 0.6) is 0 Å². The first-order valence-corrected chi connectivity index (χ1v) is 16.9. The van der Waals surface area contributed by atoms with Gasteiger partial charge in [0.15, 0.2) is 5.82 Å². The minimum Gasteiger partial charge on any atom is -0.228 e.